The second-order valence-corrected chi connectivity index (χ2v) is 4.35. The van der Waals surface area contributed by atoms with Crippen molar-refractivity contribution in [1.29, 1.82) is 0 Å². The van der Waals surface area contributed by atoms with Crippen LogP contribution in [-0.4, -0.2) is 25.2 Å². The summed E-state index contributed by atoms with van der Waals surface area (Å²) in [6.07, 6.45) is 2.81. The molecule has 0 amide bonds. The third-order valence-corrected chi connectivity index (χ3v) is 2.91. The summed E-state index contributed by atoms with van der Waals surface area (Å²) in [5.74, 6) is 0. The van der Waals surface area contributed by atoms with Gasteiger partial charge in [-0.1, -0.05) is 0 Å². The molecule has 3 N–H and O–H groups in total. The number of nitrogens with two attached hydrogens (primary N) is 1. The van der Waals surface area contributed by atoms with Gasteiger partial charge in [0.2, 0.25) is 0 Å². The van der Waals surface area contributed by atoms with E-state index in [0.717, 1.165) is 47.4 Å². The highest BCUT2D eigenvalue weighted by Crippen LogP contribution is 2.28. The number of pyridine rings is 1. The lowest BCUT2D eigenvalue weighted by Gasteiger charge is -2.11. The Morgan fingerprint density at radius 2 is 2.17 bits per heavy atom. The minimum Gasteiger partial charge on any atom is -0.398 e. The van der Waals surface area contributed by atoms with E-state index in [-0.39, 0.29) is 0 Å². The molecule has 0 fully saturated rings. The Kier molecular flexibility index (Phi) is 3.99. The fourth-order valence-electron chi connectivity index (χ4n) is 1.96. The Balaban J connectivity index is 2.27. The monoisotopic (exact) mass is 245 g/mol. The summed E-state index contributed by atoms with van der Waals surface area (Å²) in [5.41, 5.74) is 8.82. The number of ether oxygens (including phenoxy) is 1. The van der Waals surface area contributed by atoms with E-state index in [9.17, 15) is 0 Å². The Morgan fingerprint density at radius 1 is 1.33 bits per heavy atom. The van der Waals surface area contributed by atoms with Crippen molar-refractivity contribution >= 4 is 22.1 Å². The molecule has 0 unspecified atom stereocenters. The molecule has 1 heterocycles. The van der Waals surface area contributed by atoms with Crippen LogP contribution in [0.1, 0.15) is 12.1 Å². The van der Waals surface area contributed by atoms with Gasteiger partial charge < -0.3 is 15.8 Å². The zero-order valence-electron chi connectivity index (χ0n) is 10.9. The zero-order chi connectivity index (χ0) is 13.0. The first-order valence-electron chi connectivity index (χ1n) is 6.10. The van der Waals surface area contributed by atoms with E-state index >= 15 is 0 Å². The van der Waals surface area contributed by atoms with Gasteiger partial charge in [0.25, 0.3) is 0 Å². The second-order valence-electron chi connectivity index (χ2n) is 4.35. The minimum absolute atomic E-state index is 0.764. The van der Waals surface area contributed by atoms with Gasteiger partial charge in [0.1, 0.15) is 0 Å². The fourth-order valence-corrected chi connectivity index (χ4v) is 1.96. The van der Waals surface area contributed by atoms with Crippen LogP contribution in [0.15, 0.2) is 24.4 Å². The number of nitrogens with zero attached hydrogens (tertiary/aromatic N) is 1. The number of aryl methyl sites for hydroxylation is 1. The highest BCUT2D eigenvalue weighted by molar-refractivity contribution is 6.00. The standard InChI is InChI=1S/C14H19N3O/c1-10-8-11-12(9-17-10)13(15)4-5-14(11)16-6-3-7-18-2/h4-5,8-9,16H,3,6-7,15H2,1-2H3. The van der Waals surface area contributed by atoms with Crippen LogP contribution < -0.4 is 11.1 Å². The number of fused-ring (bicyclic) bond motifs is 1. The number of methoxy groups -OCH3 is 1. The molecule has 0 aliphatic rings. The average molecular weight is 245 g/mol. The Labute approximate surface area is 107 Å². The van der Waals surface area contributed by atoms with Gasteiger partial charge in [-0.05, 0) is 31.5 Å². The van der Waals surface area contributed by atoms with Crippen molar-refractivity contribution in [3.05, 3.63) is 30.1 Å². The van der Waals surface area contributed by atoms with E-state index in [2.05, 4.69) is 16.4 Å². The lowest BCUT2D eigenvalue weighted by atomic mass is 10.1. The summed E-state index contributed by atoms with van der Waals surface area (Å²) in [4.78, 5) is 4.29. The van der Waals surface area contributed by atoms with Crippen LogP contribution in [0.5, 0.6) is 0 Å². The number of aromatic nitrogens is 1. The third kappa shape index (κ3) is 2.71. The molecule has 0 aliphatic heterocycles. The molecule has 4 nitrogen and oxygen atoms in total. The molecule has 1 aromatic carbocycles. The van der Waals surface area contributed by atoms with Crippen molar-refractivity contribution in [2.75, 3.05) is 31.3 Å². The molecule has 0 saturated carbocycles. The number of nitrogens with one attached hydrogen (secondary N) is 1. The van der Waals surface area contributed by atoms with Gasteiger partial charge in [0, 0.05) is 54.3 Å². The van der Waals surface area contributed by atoms with E-state index in [1.807, 2.05) is 25.3 Å². The second kappa shape index (κ2) is 5.69. The third-order valence-electron chi connectivity index (χ3n) is 2.91. The van der Waals surface area contributed by atoms with E-state index in [4.69, 9.17) is 10.5 Å². The van der Waals surface area contributed by atoms with Gasteiger partial charge >= 0.3 is 0 Å². The molecule has 0 spiro atoms. The maximum Gasteiger partial charge on any atom is 0.0479 e. The summed E-state index contributed by atoms with van der Waals surface area (Å²) >= 11 is 0. The van der Waals surface area contributed by atoms with Crippen LogP contribution in [0, 0.1) is 6.92 Å². The molecular weight excluding hydrogens is 226 g/mol. The number of benzene rings is 1. The van der Waals surface area contributed by atoms with Crippen molar-refractivity contribution in [1.82, 2.24) is 4.98 Å². The van der Waals surface area contributed by atoms with E-state index in [0.29, 0.717) is 0 Å². The smallest absolute Gasteiger partial charge is 0.0479 e. The summed E-state index contributed by atoms with van der Waals surface area (Å²) in [5, 5.41) is 5.54. The van der Waals surface area contributed by atoms with Crippen LogP contribution in [0.2, 0.25) is 0 Å². The maximum absolute atomic E-state index is 5.96. The molecule has 0 atom stereocenters. The largest absolute Gasteiger partial charge is 0.398 e. The summed E-state index contributed by atoms with van der Waals surface area (Å²) in [6, 6.07) is 5.99. The molecule has 1 aromatic heterocycles. The highest BCUT2D eigenvalue weighted by Gasteiger charge is 2.04. The van der Waals surface area contributed by atoms with Crippen molar-refractivity contribution < 1.29 is 4.74 Å². The van der Waals surface area contributed by atoms with Crippen LogP contribution in [-0.2, 0) is 4.74 Å². The van der Waals surface area contributed by atoms with Gasteiger partial charge in [0.05, 0.1) is 0 Å². The summed E-state index contributed by atoms with van der Waals surface area (Å²) < 4.78 is 5.04. The van der Waals surface area contributed by atoms with Crippen LogP contribution in [0.4, 0.5) is 11.4 Å². The predicted octanol–water partition coefficient (Wildman–Crippen LogP) is 2.57. The zero-order valence-corrected chi connectivity index (χ0v) is 10.9. The van der Waals surface area contributed by atoms with Gasteiger partial charge in [-0.25, -0.2) is 0 Å². The minimum atomic E-state index is 0.764. The van der Waals surface area contributed by atoms with Crippen LogP contribution in [0.25, 0.3) is 10.8 Å². The summed E-state index contributed by atoms with van der Waals surface area (Å²) in [6.45, 7) is 3.63. The maximum atomic E-state index is 5.96. The van der Waals surface area contributed by atoms with Crippen molar-refractivity contribution in [2.24, 2.45) is 0 Å². The van der Waals surface area contributed by atoms with Crippen LogP contribution >= 0.6 is 0 Å². The quantitative estimate of drug-likeness (QED) is 0.628. The fraction of sp³-hybridized carbons (Fsp3) is 0.357. The van der Waals surface area contributed by atoms with Gasteiger partial charge in [-0.2, -0.15) is 0 Å². The Morgan fingerprint density at radius 3 is 2.94 bits per heavy atom. The van der Waals surface area contributed by atoms with E-state index < -0.39 is 0 Å². The molecule has 0 bridgehead atoms. The van der Waals surface area contributed by atoms with Crippen LogP contribution in [0.3, 0.4) is 0 Å². The molecule has 18 heavy (non-hydrogen) atoms. The molecule has 4 heteroatoms. The van der Waals surface area contributed by atoms with Crippen molar-refractivity contribution in [3.8, 4) is 0 Å². The first kappa shape index (κ1) is 12.6. The number of nitrogen functional groups attached to an aromatic ring is 1. The molecule has 0 aliphatic carbocycles. The van der Waals surface area contributed by atoms with Gasteiger partial charge in [-0.3, -0.25) is 4.98 Å². The molecular formula is C14H19N3O. The van der Waals surface area contributed by atoms with Crippen molar-refractivity contribution in [3.63, 3.8) is 0 Å². The molecule has 96 valence electrons. The topological polar surface area (TPSA) is 60.2 Å². The SMILES string of the molecule is COCCCNc1ccc(N)c2cnc(C)cc12. The lowest BCUT2D eigenvalue weighted by Crippen LogP contribution is -2.05. The van der Waals surface area contributed by atoms with Gasteiger partial charge in [0.15, 0.2) is 0 Å². The Bertz CT molecular complexity index is 540. The number of anilines is 2. The van der Waals surface area contributed by atoms with E-state index in [1.165, 1.54) is 0 Å². The number of rotatable bonds is 5. The highest BCUT2D eigenvalue weighted by atomic mass is 16.5. The first-order chi connectivity index (χ1) is 8.72. The van der Waals surface area contributed by atoms with Gasteiger partial charge in [-0.15, -0.1) is 0 Å². The summed E-state index contributed by atoms with van der Waals surface area (Å²) in [7, 11) is 1.72. The molecule has 2 aromatic rings. The first-order valence-corrected chi connectivity index (χ1v) is 6.10. The normalized spacial score (nSPS) is 10.8. The predicted molar refractivity (Wildman–Crippen MR) is 75.9 cm³/mol. The number of hydrogen-bond donors (Lipinski definition) is 2. The van der Waals surface area contributed by atoms with E-state index in [1.54, 1.807) is 7.11 Å². The lowest BCUT2D eigenvalue weighted by molar-refractivity contribution is 0.198. The molecule has 0 saturated heterocycles. The van der Waals surface area contributed by atoms with Crippen molar-refractivity contribution in [2.45, 2.75) is 13.3 Å². The Hall–Kier alpha value is -1.81. The molecule has 0 radical (unpaired) electrons. The number of hydrogen-bond acceptors (Lipinski definition) is 4. The average Bonchev–Trinajstić information content (AvgIpc) is 2.37. The molecule has 2 rings (SSSR count).